The monoisotopic (exact) mass is 332 g/mol. The molecule has 24 heavy (non-hydrogen) atoms. The molecule has 0 spiro atoms. The fourth-order valence-corrected chi connectivity index (χ4v) is 3.18. The van der Waals surface area contributed by atoms with Crippen LogP contribution in [0.3, 0.4) is 0 Å². The third-order valence-corrected chi connectivity index (χ3v) is 4.96. The second kappa shape index (κ2) is 7.64. The molecule has 1 heterocycles. The third-order valence-electron chi connectivity index (χ3n) is 4.96. The van der Waals surface area contributed by atoms with Gasteiger partial charge in [0.15, 0.2) is 0 Å². The van der Waals surface area contributed by atoms with Crippen LogP contribution in [-0.2, 0) is 16.0 Å². The molecule has 5 nitrogen and oxygen atoms in total. The van der Waals surface area contributed by atoms with Gasteiger partial charge in [-0.25, -0.2) is 0 Å². The van der Waals surface area contributed by atoms with Crippen LogP contribution in [0.4, 0.5) is 0 Å². The molecule has 0 unspecified atom stereocenters. The van der Waals surface area contributed by atoms with Crippen molar-refractivity contribution in [3.8, 4) is 0 Å². The second-order valence-corrected chi connectivity index (χ2v) is 7.19. The van der Waals surface area contributed by atoms with Crippen LogP contribution in [0.25, 0.3) is 0 Å². The lowest BCUT2D eigenvalue weighted by Crippen LogP contribution is -2.51. The minimum Gasteiger partial charge on any atom is -0.380 e. The maximum Gasteiger partial charge on any atom is 0.251 e. The van der Waals surface area contributed by atoms with E-state index in [1.165, 1.54) is 12.8 Å². The van der Waals surface area contributed by atoms with Crippen molar-refractivity contribution in [2.24, 2.45) is 0 Å². The summed E-state index contributed by atoms with van der Waals surface area (Å²) in [7, 11) is 0. The minimum absolute atomic E-state index is 0.0215. The normalized spacial score (nSPS) is 24.3. The highest BCUT2D eigenvalue weighted by Gasteiger charge is 2.34. The Bertz CT molecular complexity index is 543. The first-order valence-electron chi connectivity index (χ1n) is 8.95. The highest BCUT2D eigenvalue weighted by molar-refractivity contribution is 5.84. The molecule has 0 radical (unpaired) electrons. The van der Waals surface area contributed by atoms with Gasteiger partial charge in [-0.15, -0.1) is 0 Å². The van der Waals surface area contributed by atoms with Crippen molar-refractivity contribution >= 4 is 5.91 Å². The Hall–Kier alpha value is -1.43. The van der Waals surface area contributed by atoms with E-state index in [1.807, 2.05) is 30.3 Å². The van der Waals surface area contributed by atoms with Crippen LogP contribution in [0.1, 0.15) is 31.7 Å². The van der Waals surface area contributed by atoms with Gasteiger partial charge in [-0.3, -0.25) is 9.69 Å². The molecule has 132 valence electrons. The number of carbonyl (C=O) groups excluding carboxylic acids is 1. The molecule has 5 heteroatoms. The quantitative estimate of drug-likeness (QED) is 0.791. The number of nitrogens with zero attached hydrogens (tertiary/aromatic N) is 1. The minimum atomic E-state index is -1.36. The van der Waals surface area contributed by atoms with E-state index in [9.17, 15) is 9.90 Å². The summed E-state index contributed by atoms with van der Waals surface area (Å²) in [5.41, 5.74) is -0.234. The zero-order valence-corrected chi connectivity index (χ0v) is 14.4. The molecular weight excluding hydrogens is 304 g/mol. The van der Waals surface area contributed by atoms with Gasteiger partial charge in [0.1, 0.15) is 5.60 Å². The molecule has 1 aliphatic carbocycles. The number of hydrogen-bond acceptors (Lipinski definition) is 4. The number of benzene rings is 1. The Morgan fingerprint density at radius 2 is 2.12 bits per heavy atom. The summed E-state index contributed by atoms with van der Waals surface area (Å²) in [5, 5.41) is 13.3. The largest absolute Gasteiger partial charge is 0.380 e. The molecule has 2 N–H and O–H groups in total. The van der Waals surface area contributed by atoms with E-state index in [1.54, 1.807) is 6.92 Å². The highest BCUT2D eigenvalue weighted by Crippen LogP contribution is 2.28. The molecule has 2 aliphatic rings. The molecule has 3 rings (SSSR count). The number of amides is 1. The number of nitrogens with one attached hydrogen (secondary N) is 1. The fraction of sp³-hybridized carbons (Fsp3) is 0.632. The van der Waals surface area contributed by atoms with Gasteiger partial charge in [-0.05, 0) is 38.2 Å². The average molecular weight is 332 g/mol. The fourth-order valence-electron chi connectivity index (χ4n) is 3.18. The van der Waals surface area contributed by atoms with Crippen molar-refractivity contribution in [3.05, 3.63) is 35.9 Å². The van der Waals surface area contributed by atoms with Gasteiger partial charge in [0.2, 0.25) is 0 Å². The number of morpholine rings is 1. The molecule has 0 bridgehead atoms. The van der Waals surface area contributed by atoms with Crippen molar-refractivity contribution < 1.29 is 14.6 Å². The molecule has 0 aromatic heterocycles. The van der Waals surface area contributed by atoms with E-state index in [-0.39, 0.29) is 12.0 Å². The first-order valence-corrected chi connectivity index (χ1v) is 8.95. The van der Waals surface area contributed by atoms with Crippen LogP contribution in [0.5, 0.6) is 0 Å². The first kappa shape index (κ1) is 17.4. The Labute approximate surface area is 144 Å². The van der Waals surface area contributed by atoms with Gasteiger partial charge in [-0.2, -0.15) is 0 Å². The standard InChI is InChI=1S/C19H28N2O3/c1-19(23,10-9-15-5-3-2-4-6-15)18(22)20-13-17-14-21(11-12-24-17)16-7-8-16/h2-6,16-17,23H,7-14H2,1H3,(H,20,22)/t17-,19+/m0/s1. The van der Waals surface area contributed by atoms with E-state index >= 15 is 0 Å². The molecular formula is C19H28N2O3. The number of aliphatic hydroxyl groups is 1. The lowest BCUT2D eigenvalue weighted by Gasteiger charge is -2.33. The topological polar surface area (TPSA) is 61.8 Å². The molecule has 1 saturated heterocycles. The van der Waals surface area contributed by atoms with Gasteiger partial charge in [0, 0.05) is 25.7 Å². The summed E-state index contributed by atoms with van der Waals surface area (Å²) in [6.07, 6.45) is 3.67. The Balaban J connectivity index is 1.42. The van der Waals surface area contributed by atoms with Crippen molar-refractivity contribution in [2.75, 3.05) is 26.2 Å². The Morgan fingerprint density at radius 1 is 1.38 bits per heavy atom. The summed E-state index contributed by atoms with van der Waals surface area (Å²) in [4.78, 5) is 14.8. The summed E-state index contributed by atoms with van der Waals surface area (Å²) in [6, 6.07) is 10.6. The highest BCUT2D eigenvalue weighted by atomic mass is 16.5. The summed E-state index contributed by atoms with van der Waals surface area (Å²) in [5.74, 6) is -0.314. The van der Waals surface area contributed by atoms with Crippen molar-refractivity contribution in [2.45, 2.75) is 50.4 Å². The van der Waals surface area contributed by atoms with E-state index < -0.39 is 5.60 Å². The lowest BCUT2D eigenvalue weighted by molar-refractivity contribution is -0.139. The summed E-state index contributed by atoms with van der Waals surface area (Å²) < 4.78 is 5.74. The third kappa shape index (κ3) is 4.79. The van der Waals surface area contributed by atoms with Crippen molar-refractivity contribution in [1.29, 1.82) is 0 Å². The summed E-state index contributed by atoms with van der Waals surface area (Å²) in [6.45, 7) is 4.63. The van der Waals surface area contributed by atoms with Gasteiger partial charge >= 0.3 is 0 Å². The molecule has 1 amide bonds. The van der Waals surface area contributed by atoms with Crippen molar-refractivity contribution in [3.63, 3.8) is 0 Å². The zero-order chi connectivity index (χ0) is 17.0. The average Bonchev–Trinajstić information content (AvgIpc) is 3.44. The SMILES string of the molecule is C[C@@](O)(CCc1ccccc1)C(=O)NC[C@H]1CN(C2CC2)CCO1. The number of hydrogen-bond donors (Lipinski definition) is 2. The molecule has 1 aromatic rings. The van der Waals surface area contributed by atoms with Gasteiger partial charge in [-0.1, -0.05) is 30.3 Å². The Kier molecular flexibility index (Phi) is 5.54. The zero-order valence-electron chi connectivity index (χ0n) is 14.4. The van der Waals surface area contributed by atoms with Gasteiger partial charge in [0.05, 0.1) is 12.7 Å². The lowest BCUT2D eigenvalue weighted by atomic mass is 9.96. The maximum absolute atomic E-state index is 12.3. The number of aryl methyl sites for hydroxylation is 1. The van der Waals surface area contributed by atoms with Crippen LogP contribution >= 0.6 is 0 Å². The van der Waals surface area contributed by atoms with E-state index in [0.717, 1.165) is 31.3 Å². The molecule has 1 aliphatic heterocycles. The van der Waals surface area contributed by atoms with Gasteiger partial charge in [0.25, 0.3) is 5.91 Å². The number of carbonyl (C=O) groups is 1. The van der Waals surface area contributed by atoms with Crippen LogP contribution in [-0.4, -0.2) is 59.9 Å². The van der Waals surface area contributed by atoms with Crippen LogP contribution in [0.2, 0.25) is 0 Å². The first-order chi connectivity index (χ1) is 11.5. The molecule has 2 atom stereocenters. The predicted molar refractivity (Wildman–Crippen MR) is 92.7 cm³/mol. The second-order valence-electron chi connectivity index (χ2n) is 7.19. The molecule has 1 aromatic carbocycles. The van der Waals surface area contributed by atoms with Crippen LogP contribution in [0.15, 0.2) is 30.3 Å². The predicted octanol–water partition coefficient (Wildman–Crippen LogP) is 1.35. The van der Waals surface area contributed by atoms with Crippen LogP contribution in [0, 0.1) is 0 Å². The Morgan fingerprint density at radius 3 is 2.83 bits per heavy atom. The van der Waals surface area contributed by atoms with Crippen LogP contribution < -0.4 is 5.32 Å². The van der Waals surface area contributed by atoms with Crippen molar-refractivity contribution in [1.82, 2.24) is 10.2 Å². The van der Waals surface area contributed by atoms with Gasteiger partial charge < -0.3 is 15.2 Å². The number of rotatable bonds is 7. The molecule has 1 saturated carbocycles. The molecule has 2 fully saturated rings. The smallest absolute Gasteiger partial charge is 0.251 e. The number of ether oxygens (including phenoxy) is 1. The van der Waals surface area contributed by atoms with E-state index in [0.29, 0.717) is 19.4 Å². The van der Waals surface area contributed by atoms with E-state index in [2.05, 4.69) is 10.2 Å². The maximum atomic E-state index is 12.3. The summed E-state index contributed by atoms with van der Waals surface area (Å²) >= 11 is 0. The van der Waals surface area contributed by atoms with E-state index in [4.69, 9.17) is 4.74 Å².